The smallest absolute Gasteiger partial charge is 0.235 e. The predicted molar refractivity (Wildman–Crippen MR) is 100 cm³/mol. The fourth-order valence-electron chi connectivity index (χ4n) is 3.03. The van der Waals surface area contributed by atoms with Crippen molar-refractivity contribution in [3.05, 3.63) is 70.9 Å². The zero-order valence-electron chi connectivity index (χ0n) is 12.9. The molecule has 0 aliphatic heterocycles. The Hall–Kier alpha value is -3.18. The zero-order chi connectivity index (χ0) is 17.0. The molecule has 0 bridgehead atoms. The summed E-state index contributed by atoms with van der Waals surface area (Å²) in [5.41, 5.74) is 0.832. The second-order valence-electron chi connectivity index (χ2n) is 5.76. The first-order valence-electron chi connectivity index (χ1n) is 7.76. The van der Waals surface area contributed by atoms with Crippen molar-refractivity contribution < 1.29 is 9.52 Å². The van der Waals surface area contributed by atoms with Crippen LogP contribution in [-0.2, 0) is 0 Å². The van der Waals surface area contributed by atoms with Crippen molar-refractivity contribution in [1.29, 1.82) is 0 Å². The van der Waals surface area contributed by atoms with Gasteiger partial charge < -0.3 is 9.52 Å². The van der Waals surface area contributed by atoms with E-state index in [0.717, 1.165) is 21.0 Å². The van der Waals surface area contributed by atoms with E-state index in [1.807, 2.05) is 54.6 Å². The van der Waals surface area contributed by atoms with Crippen LogP contribution >= 0.6 is 11.3 Å². The number of rotatable bonds is 1. The van der Waals surface area contributed by atoms with Crippen molar-refractivity contribution in [2.45, 2.75) is 0 Å². The first kappa shape index (κ1) is 14.2. The van der Waals surface area contributed by atoms with Crippen LogP contribution in [0.5, 0.6) is 5.75 Å². The van der Waals surface area contributed by atoms with E-state index in [0.29, 0.717) is 16.0 Å². The van der Waals surface area contributed by atoms with Crippen LogP contribution in [0, 0.1) is 0 Å². The molecule has 0 aliphatic carbocycles. The third-order valence-electron chi connectivity index (χ3n) is 4.25. The summed E-state index contributed by atoms with van der Waals surface area (Å²) in [6.45, 7) is 0. The van der Waals surface area contributed by atoms with Crippen molar-refractivity contribution in [1.82, 2.24) is 4.98 Å². The number of para-hydroxylation sites is 1. The number of aromatic nitrogens is 1. The molecule has 0 unspecified atom stereocenters. The van der Waals surface area contributed by atoms with Crippen molar-refractivity contribution in [3.8, 4) is 16.5 Å². The lowest BCUT2D eigenvalue weighted by molar-refractivity contribution is 0.449. The minimum absolute atomic E-state index is 0.120. The van der Waals surface area contributed by atoms with Gasteiger partial charge in [0.15, 0.2) is 5.01 Å². The molecule has 25 heavy (non-hydrogen) atoms. The highest BCUT2D eigenvalue weighted by Crippen LogP contribution is 2.36. The Kier molecular flexibility index (Phi) is 2.93. The van der Waals surface area contributed by atoms with Crippen molar-refractivity contribution in [3.63, 3.8) is 0 Å². The molecule has 0 aliphatic rings. The molecule has 0 radical (unpaired) electrons. The standard InChI is InChI=1S/C20H11NO3S/c22-16-13-10-9-11-5-1-2-6-12(11)18(13)24-19(17(16)23)20-21-14-7-3-4-8-15(14)25-20/h1-10,23H. The third-order valence-corrected chi connectivity index (χ3v) is 5.28. The monoisotopic (exact) mass is 345 g/mol. The van der Waals surface area contributed by atoms with Gasteiger partial charge in [0.25, 0.3) is 0 Å². The van der Waals surface area contributed by atoms with Crippen LogP contribution in [0.1, 0.15) is 0 Å². The molecule has 5 rings (SSSR count). The van der Waals surface area contributed by atoms with E-state index in [-0.39, 0.29) is 5.76 Å². The van der Waals surface area contributed by atoms with Gasteiger partial charge in [-0.1, -0.05) is 42.5 Å². The van der Waals surface area contributed by atoms with Crippen LogP contribution < -0.4 is 5.43 Å². The normalized spacial score (nSPS) is 11.5. The first-order chi connectivity index (χ1) is 12.2. The Labute approximate surface area is 145 Å². The lowest BCUT2D eigenvalue weighted by atomic mass is 10.1. The van der Waals surface area contributed by atoms with Gasteiger partial charge >= 0.3 is 0 Å². The maximum absolute atomic E-state index is 12.6. The number of hydrogen-bond acceptors (Lipinski definition) is 5. The van der Waals surface area contributed by atoms with Crippen molar-refractivity contribution in [2.24, 2.45) is 0 Å². The van der Waals surface area contributed by atoms with Gasteiger partial charge in [-0.15, -0.1) is 11.3 Å². The maximum Gasteiger partial charge on any atom is 0.235 e. The van der Waals surface area contributed by atoms with Gasteiger partial charge in [0.1, 0.15) is 5.58 Å². The molecular weight excluding hydrogens is 334 g/mol. The molecular formula is C20H11NO3S. The van der Waals surface area contributed by atoms with Gasteiger partial charge in [0.2, 0.25) is 16.9 Å². The van der Waals surface area contributed by atoms with E-state index in [1.165, 1.54) is 11.3 Å². The van der Waals surface area contributed by atoms with Crippen LogP contribution in [0.3, 0.4) is 0 Å². The highest BCUT2D eigenvalue weighted by molar-refractivity contribution is 7.21. The molecule has 0 fully saturated rings. The number of benzene rings is 3. The highest BCUT2D eigenvalue weighted by Gasteiger charge is 2.19. The largest absolute Gasteiger partial charge is 0.501 e. The van der Waals surface area contributed by atoms with Crippen LogP contribution in [0.4, 0.5) is 0 Å². The zero-order valence-corrected chi connectivity index (χ0v) is 13.7. The number of aromatic hydroxyl groups is 1. The highest BCUT2D eigenvalue weighted by atomic mass is 32.1. The lowest BCUT2D eigenvalue weighted by Gasteiger charge is -2.06. The molecule has 0 atom stereocenters. The van der Waals surface area contributed by atoms with Crippen molar-refractivity contribution >= 4 is 43.3 Å². The van der Waals surface area contributed by atoms with Gasteiger partial charge in [-0.3, -0.25) is 4.79 Å². The fourth-order valence-corrected chi connectivity index (χ4v) is 3.98. The molecule has 2 heterocycles. The first-order valence-corrected chi connectivity index (χ1v) is 8.57. The summed E-state index contributed by atoms with van der Waals surface area (Å²) in [6, 6.07) is 18.9. The summed E-state index contributed by atoms with van der Waals surface area (Å²) in [5, 5.41) is 13.1. The third kappa shape index (κ3) is 2.06. The maximum atomic E-state index is 12.6. The van der Waals surface area contributed by atoms with E-state index in [9.17, 15) is 9.90 Å². The molecule has 5 heteroatoms. The minimum atomic E-state index is -0.443. The Balaban J connectivity index is 1.90. The molecule has 0 spiro atoms. The predicted octanol–water partition coefficient (Wildman–Crippen LogP) is 4.93. The van der Waals surface area contributed by atoms with Crippen molar-refractivity contribution in [2.75, 3.05) is 0 Å². The Bertz CT molecular complexity index is 1300. The second-order valence-corrected chi connectivity index (χ2v) is 6.79. The SMILES string of the molecule is O=c1c(O)c(-c2nc3ccccc3s2)oc2c1ccc1ccccc12. The van der Waals surface area contributed by atoms with Crippen LogP contribution in [-0.4, -0.2) is 10.1 Å². The summed E-state index contributed by atoms with van der Waals surface area (Å²) in [5.74, 6) is -0.281. The summed E-state index contributed by atoms with van der Waals surface area (Å²) >= 11 is 1.38. The molecule has 0 amide bonds. The van der Waals surface area contributed by atoms with Gasteiger partial charge in [-0.05, 0) is 23.6 Å². The van der Waals surface area contributed by atoms with E-state index in [1.54, 1.807) is 6.07 Å². The number of thiazole rings is 1. The Morgan fingerprint density at radius 2 is 1.72 bits per heavy atom. The van der Waals surface area contributed by atoms with Crippen LogP contribution in [0.2, 0.25) is 0 Å². The van der Waals surface area contributed by atoms with Crippen LogP contribution in [0.15, 0.2) is 69.9 Å². The summed E-state index contributed by atoms with van der Waals surface area (Å²) < 4.78 is 6.97. The lowest BCUT2D eigenvalue weighted by Crippen LogP contribution is -2.02. The van der Waals surface area contributed by atoms with E-state index in [4.69, 9.17) is 4.42 Å². The molecule has 0 saturated heterocycles. The molecule has 0 saturated carbocycles. The summed E-state index contributed by atoms with van der Waals surface area (Å²) in [6.07, 6.45) is 0. The van der Waals surface area contributed by atoms with E-state index in [2.05, 4.69) is 4.98 Å². The Morgan fingerprint density at radius 1 is 0.920 bits per heavy atom. The van der Waals surface area contributed by atoms with Gasteiger partial charge in [-0.25, -0.2) is 4.98 Å². The average molecular weight is 345 g/mol. The number of hydrogen-bond donors (Lipinski definition) is 1. The van der Waals surface area contributed by atoms with Gasteiger partial charge in [-0.2, -0.15) is 0 Å². The van der Waals surface area contributed by atoms with E-state index < -0.39 is 11.2 Å². The quantitative estimate of drug-likeness (QED) is 0.438. The number of nitrogens with zero attached hydrogens (tertiary/aromatic N) is 1. The second kappa shape index (κ2) is 5.16. The molecule has 2 aromatic heterocycles. The average Bonchev–Trinajstić information content (AvgIpc) is 3.08. The molecule has 120 valence electrons. The molecule has 5 aromatic rings. The van der Waals surface area contributed by atoms with E-state index >= 15 is 0 Å². The topological polar surface area (TPSA) is 63.3 Å². The van der Waals surface area contributed by atoms with Gasteiger partial charge in [0.05, 0.1) is 15.6 Å². The van der Waals surface area contributed by atoms with Gasteiger partial charge in [0, 0.05) is 5.39 Å². The number of fused-ring (bicyclic) bond motifs is 4. The fraction of sp³-hybridized carbons (Fsp3) is 0. The molecule has 3 aromatic carbocycles. The molecule has 1 N–H and O–H groups in total. The summed E-state index contributed by atoms with van der Waals surface area (Å²) in [7, 11) is 0. The van der Waals surface area contributed by atoms with Crippen LogP contribution in [0.25, 0.3) is 42.7 Å². The Morgan fingerprint density at radius 3 is 2.60 bits per heavy atom. The summed E-state index contributed by atoms with van der Waals surface area (Å²) in [4.78, 5) is 17.1. The minimum Gasteiger partial charge on any atom is -0.501 e. The molecule has 4 nitrogen and oxygen atoms in total.